The Morgan fingerprint density at radius 3 is 1.64 bits per heavy atom. The molecule has 0 unspecified atom stereocenters. The molecule has 4 rings (SSSR count). The number of thiophene rings is 4. The van der Waals surface area contributed by atoms with Crippen LogP contribution < -0.4 is 0 Å². The second kappa shape index (κ2) is 2.58. The molecule has 68 valence electrons. The summed E-state index contributed by atoms with van der Waals surface area (Å²) in [4.78, 5) is 0. The van der Waals surface area contributed by atoms with Gasteiger partial charge in [0.1, 0.15) is 0 Å². The second-order valence-corrected chi connectivity index (χ2v) is 7.03. The van der Waals surface area contributed by atoms with Crippen molar-refractivity contribution in [2.75, 3.05) is 0 Å². The fourth-order valence-electron chi connectivity index (χ4n) is 1.70. The first kappa shape index (κ1) is 7.82. The summed E-state index contributed by atoms with van der Waals surface area (Å²) in [7, 11) is 0. The maximum atomic E-state index is 2.23. The molecule has 0 N–H and O–H groups in total. The SMILES string of the molecule is c1cc2sc3c4sccc4sc3c2s1. The fraction of sp³-hybridized carbons (Fsp3) is 0. The third kappa shape index (κ3) is 0.827. The highest BCUT2D eigenvalue weighted by molar-refractivity contribution is 7.44. The zero-order chi connectivity index (χ0) is 9.12. The molecule has 0 aromatic carbocycles. The predicted molar refractivity (Wildman–Crippen MR) is 70.5 cm³/mol. The average Bonchev–Trinajstić information content (AvgIpc) is 2.80. The molecule has 0 atom stereocenters. The quantitative estimate of drug-likeness (QED) is 0.393. The van der Waals surface area contributed by atoms with Crippen LogP contribution in [0, 0.1) is 0 Å². The first-order chi connectivity index (χ1) is 6.93. The monoisotopic (exact) mass is 252 g/mol. The van der Waals surface area contributed by atoms with Gasteiger partial charge in [-0.05, 0) is 22.9 Å². The minimum Gasteiger partial charge on any atom is -0.141 e. The van der Waals surface area contributed by atoms with E-state index in [2.05, 4.69) is 22.9 Å². The van der Waals surface area contributed by atoms with Crippen LogP contribution in [0.15, 0.2) is 22.9 Å². The van der Waals surface area contributed by atoms with Crippen LogP contribution in [0.4, 0.5) is 0 Å². The lowest BCUT2D eigenvalue weighted by Crippen LogP contribution is -1.41. The van der Waals surface area contributed by atoms with Gasteiger partial charge < -0.3 is 0 Å². The Bertz CT molecular complexity index is 669. The highest BCUT2D eigenvalue weighted by Gasteiger charge is 2.12. The van der Waals surface area contributed by atoms with Gasteiger partial charge >= 0.3 is 0 Å². The zero-order valence-corrected chi connectivity index (χ0v) is 10.2. The van der Waals surface area contributed by atoms with Gasteiger partial charge in [0.15, 0.2) is 0 Å². The average molecular weight is 252 g/mol. The van der Waals surface area contributed by atoms with Crippen molar-refractivity contribution < 1.29 is 0 Å². The summed E-state index contributed by atoms with van der Waals surface area (Å²) in [5, 5.41) is 4.38. The third-order valence-corrected chi connectivity index (χ3v) is 7.16. The van der Waals surface area contributed by atoms with Gasteiger partial charge in [-0.1, -0.05) is 0 Å². The van der Waals surface area contributed by atoms with Crippen LogP contribution in [0.2, 0.25) is 0 Å². The first-order valence-electron chi connectivity index (χ1n) is 4.19. The topological polar surface area (TPSA) is 0 Å². The van der Waals surface area contributed by atoms with Gasteiger partial charge in [-0.25, -0.2) is 0 Å². The van der Waals surface area contributed by atoms with E-state index in [9.17, 15) is 0 Å². The number of fused-ring (bicyclic) bond motifs is 5. The molecule has 0 amide bonds. The molecule has 0 nitrogen and oxygen atoms in total. The van der Waals surface area contributed by atoms with Crippen molar-refractivity contribution in [3.8, 4) is 0 Å². The summed E-state index contributed by atoms with van der Waals surface area (Å²) in [6.07, 6.45) is 0. The molecular weight excluding hydrogens is 248 g/mol. The fourth-order valence-corrected chi connectivity index (χ4v) is 6.82. The van der Waals surface area contributed by atoms with Gasteiger partial charge in [0.25, 0.3) is 0 Å². The summed E-state index contributed by atoms with van der Waals surface area (Å²) < 4.78 is 8.87. The van der Waals surface area contributed by atoms with Gasteiger partial charge in [-0.2, -0.15) is 0 Å². The van der Waals surface area contributed by atoms with Crippen LogP contribution in [0.25, 0.3) is 28.2 Å². The molecule has 0 saturated heterocycles. The minimum absolute atomic E-state index is 1.45. The molecule has 4 heteroatoms. The Morgan fingerprint density at radius 1 is 0.643 bits per heavy atom. The molecule has 14 heavy (non-hydrogen) atoms. The molecule has 0 aliphatic heterocycles. The van der Waals surface area contributed by atoms with Crippen LogP contribution in [0.1, 0.15) is 0 Å². The maximum absolute atomic E-state index is 2.23. The van der Waals surface area contributed by atoms with E-state index in [1.165, 1.54) is 28.2 Å². The van der Waals surface area contributed by atoms with Gasteiger partial charge in [0.2, 0.25) is 0 Å². The number of rotatable bonds is 0. The van der Waals surface area contributed by atoms with Crippen LogP contribution in [0.3, 0.4) is 0 Å². The van der Waals surface area contributed by atoms with Crippen molar-refractivity contribution in [2.45, 2.75) is 0 Å². The number of hydrogen-bond acceptors (Lipinski definition) is 4. The standard InChI is InChI=1S/C10H4S4/c1-3-11-7-5(1)13-10-8-6(2-4-12-8)14-9(7)10/h1-4H. The summed E-state index contributed by atoms with van der Waals surface area (Å²) >= 11 is 7.62. The van der Waals surface area contributed by atoms with Crippen LogP contribution in [-0.2, 0) is 0 Å². The zero-order valence-electron chi connectivity index (χ0n) is 6.94. The third-order valence-electron chi connectivity index (χ3n) is 2.30. The van der Waals surface area contributed by atoms with E-state index >= 15 is 0 Å². The van der Waals surface area contributed by atoms with Crippen molar-refractivity contribution in [2.24, 2.45) is 0 Å². The van der Waals surface area contributed by atoms with E-state index in [1.54, 1.807) is 0 Å². The molecule has 4 aromatic heterocycles. The van der Waals surface area contributed by atoms with Crippen molar-refractivity contribution in [3.63, 3.8) is 0 Å². The van der Waals surface area contributed by atoms with E-state index in [0.29, 0.717) is 0 Å². The van der Waals surface area contributed by atoms with Crippen LogP contribution >= 0.6 is 45.3 Å². The Hall–Kier alpha value is -0.420. The lowest BCUT2D eigenvalue weighted by molar-refractivity contribution is 2.26. The van der Waals surface area contributed by atoms with E-state index in [1.807, 2.05) is 45.3 Å². The van der Waals surface area contributed by atoms with E-state index in [-0.39, 0.29) is 0 Å². The predicted octanol–water partition coefficient (Wildman–Crippen LogP) is 5.39. The molecule has 0 radical (unpaired) electrons. The molecular formula is C10H4S4. The van der Waals surface area contributed by atoms with E-state index in [0.717, 1.165) is 0 Å². The lowest BCUT2D eigenvalue weighted by Gasteiger charge is -1.73. The van der Waals surface area contributed by atoms with Gasteiger partial charge in [-0.3, -0.25) is 0 Å². The summed E-state index contributed by atoms with van der Waals surface area (Å²) in [6, 6.07) is 4.47. The van der Waals surface area contributed by atoms with Gasteiger partial charge in [0, 0.05) is 9.40 Å². The molecule has 4 aromatic rings. The van der Waals surface area contributed by atoms with E-state index in [4.69, 9.17) is 0 Å². The Balaban J connectivity index is 2.43. The molecule has 0 saturated carbocycles. The van der Waals surface area contributed by atoms with Crippen molar-refractivity contribution >= 4 is 73.5 Å². The minimum atomic E-state index is 1.45. The van der Waals surface area contributed by atoms with Gasteiger partial charge in [0.05, 0.1) is 18.8 Å². The second-order valence-electron chi connectivity index (χ2n) is 3.09. The highest BCUT2D eigenvalue weighted by Crippen LogP contribution is 2.47. The molecule has 0 aliphatic carbocycles. The van der Waals surface area contributed by atoms with Gasteiger partial charge in [-0.15, -0.1) is 45.3 Å². The molecule has 0 spiro atoms. The first-order valence-corrected chi connectivity index (χ1v) is 7.58. The van der Waals surface area contributed by atoms with Crippen molar-refractivity contribution in [3.05, 3.63) is 22.9 Å². The Morgan fingerprint density at radius 2 is 1.14 bits per heavy atom. The summed E-state index contributed by atoms with van der Waals surface area (Å²) in [6.45, 7) is 0. The molecule has 0 fully saturated rings. The summed E-state index contributed by atoms with van der Waals surface area (Å²) in [5.74, 6) is 0. The normalized spacial score (nSPS) is 12.3. The Kier molecular flexibility index (Phi) is 1.44. The molecule has 0 bridgehead atoms. The van der Waals surface area contributed by atoms with Crippen LogP contribution in [0.5, 0.6) is 0 Å². The molecule has 0 aliphatic rings. The van der Waals surface area contributed by atoms with Crippen molar-refractivity contribution in [1.82, 2.24) is 0 Å². The smallest absolute Gasteiger partial charge is 0.0650 e. The number of hydrogen-bond donors (Lipinski definition) is 0. The maximum Gasteiger partial charge on any atom is 0.0650 e. The lowest BCUT2D eigenvalue weighted by atomic mass is 10.4. The summed E-state index contributed by atoms with van der Waals surface area (Å²) in [5.41, 5.74) is 0. The van der Waals surface area contributed by atoms with Crippen molar-refractivity contribution in [1.29, 1.82) is 0 Å². The Labute approximate surface area is 96.0 Å². The highest BCUT2D eigenvalue weighted by atomic mass is 32.1. The largest absolute Gasteiger partial charge is 0.141 e. The van der Waals surface area contributed by atoms with E-state index < -0.39 is 0 Å². The molecule has 4 heterocycles. The van der Waals surface area contributed by atoms with Crippen LogP contribution in [-0.4, -0.2) is 0 Å².